The summed E-state index contributed by atoms with van der Waals surface area (Å²) in [5.41, 5.74) is 4.48. The van der Waals surface area contributed by atoms with Crippen LogP contribution >= 0.6 is 11.3 Å². The summed E-state index contributed by atoms with van der Waals surface area (Å²) >= 11 is 1.58. The third kappa shape index (κ3) is 2.20. The van der Waals surface area contributed by atoms with Gasteiger partial charge in [-0.15, -0.1) is 11.3 Å². The Balaban J connectivity index is 2.21. The molecule has 0 fully saturated rings. The lowest BCUT2D eigenvalue weighted by molar-refractivity contribution is 0.893. The Morgan fingerprint density at radius 3 is 2.94 bits per heavy atom. The Morgan fingerprint density at radius 2 is 2.25 bits per heavy atom. The SMILES string of the molecule is CN(Cc1cscn1)c1ccccc1C#N. The lowest BCUT2D eigenvalue weighted by atomic mass is 10.2. The molecule has 0 radical (unpaired) electrons. The fraction of sp³-hybridized carbons (Fsp3) is 0.167. The van der Waals surface area contributed by atoms with E-state index in [9.17, 15) is 0 Å². The predicted octanol–water partition coefficient (Wildman–Crippen LogP) is 2.65. The zero-order valence-electron chi connectivity index (χ0n) is 8.92. The molecule has 0 aliphatic heterocycles. The number of aromatic nitrogens is 1. The molecule has 2 aromatic rings. The Morgan fingerprint density at radius 1 is 1.44 bits per heavy atom. The summed E-state index contributed by atoms with van der Waals surface area (Å²) in [7, 11) is 1.97. The van der Waals surface area contributed by atoms with Crippen LogP contribution in [-0.2, 0) is 6.54 Å². The summed E-state index contributed by atoms with van der Waals surface area (Å²) in [4.78, 5) is 6.27. The van der Waals surface area contributed by atoms with E-state index in [0.717, 1.165) is 17.9 Å². The number of nitrogens with zero attached hydrogens (tertiary/aromatic N) is 3. The molecule has 3 nitrogen and oxygen atoms in total. The molecular formula is C12H11N3S. The van der Waals surface area contributed by atoms with E-state index in [-0.39, 0.29) is 0 Å². The second-order valence-corrected chi connectivity index (χ2v) is 4.18. The molecule has 0 N–H and O–H groups in total. The molecule has 0 atom stereocenters. The van der Waals surface area contributed by atoms with E-state index in [1.54, 1.807) is 11.3 Å². The van der Waals surface area contributed by atoms with E-state index in [1.807, 2.05) is 47.1 Å². The molecule has 0 spiro atoms. The van der Waals surface area contributed by atoms with Crippen LogP contribution in [0.1, 0.15) is 11.3 Å². The van der Waals surface area contributed by atoms with Crippen LogP contribution in [-0.4, -0.2) is 12.0 Å². The fourth-order valence-electron chi connectivity index (χ4n) is 1.54. The number of hydrogen-bond donors (Lipinski definition) is 0. The number of hydrogen-bond acceptors (Lipinski definition) is 4. The van der Waals surface area contributed by atoms with Gasteiger partial charge in [-0.1, -0.05) is 12.1 Å². The van der Waals surface area contributed by atoms with Crippen LogP contribution in [0.3, 0.4) is 0 Å². The summed E-state index contributed by atoms with van der Waals surface area (Å²) in [6, 6.07) is 9.78. The number of anilines is 1. The van der Waals surface area contributed by atoms with Crippen LogP contribution < -0.4 is 4.90 Å². The maximum absolute atomic E-state index is 9.00. The molecule has 0 aliphatic rings. The van der Waals surface area contributed by atoms with Crippen molar-refractivity contribution >= 4 is 17.0 Å². The number of para-hydroxylation sites is 1. The van der Waals surface area contributed by atoms with Crippen molar-refractivity contribution in [3.05, 3.63) is 46.4 Å². The number of benzene rings is 1. The van der Waals surface area contributed by atoms with Crippen LogP contribution in [0.15, 0.2) is 35.2 Å². The van der Waals surface area contributed by atoms with E-state index in [4.69, 9.17) is 5.26 Å². The zero-order chi connectivity index (χ0) is 11.4. The second-order valence-electron chi connectivity index (χ2n) is 3.46. The van der Waals surface area contributed by atoms with Gasteiger partial charge in [-0.25, -0.2) is 4.98 Å². The van der Waals surface area contributed by atoms with Gasteiger partial charge in [0.05, 0.1) is 29.0 Å². The van der Waals surface area contributed by atoms with Crippen molar-refractivity contribution in [1.29, 1.82) is 5.26 Å². The van der Waals surface area contributed by atoms with Gasteiger partial charge in [0.1, 0.15) is 6.07 Å². The highest BCUT2D eigenvalue weighted by Gasteiger charge is 2.07. The van der Waals surface area contributed by atoms with Crippen LogP contribution in [0.2, 0.25) is 0 Å². The Hall–Kier alpha value is -1.86. The van der Waals surface area contributed by atoms with Gasteiger partial charge >= 0.3 is 0 Å². The van der Waals surface area contributed by atoms with Crippen LogP contribution in [0, 0.1) is 11.3 Å². The number of rotatable bonds is 3. The lowest BCUT2D eigenvalue weighted by Crippen LogP contribution is -2.17. The first-order valence-corrected chi connectivity index (χ1v) is 5.83. The summed E-state index contributed by atoms with van der Waals surface area (Å²) in [6.45, 7) is 0.724. The normalized spacial score (nSPS) is 9.75. The molecule has 0 unspecified atom stereocenters. The highest BCUT2D eigenvalue weighted by Crippen LogP contribution is 2.19. The minimum Gasteiger partial charge on any atom is -0.368 e. The maximum atomic E-state index is 9.00. The first-order valence-electron chi connectivity index (χ1n) is 4.88. The van der Waals surface area contributed by atoms with Crippen molar-refractivity contribution in [3.63, 3.8) is 0 Å². The molecule has 4 heteroatoms. The molecule has 1 aromatic carbocycles. The molecule has 2 rings (SSSR count). The van der Waals surface area contributed by atoms with Gasteiger partial charge in [-0.3, -0.25) is 0 Å². The Bertz CT molecular complexity index is 499. The van der Waals surface area contributed by atoms with Crippen LogP contribution in [0.4, 0.5) is 5.69 Å². The number of nitriles is 1. The average molecular weight is 229 g/mol. The van der Waals surface area contributed by atoms with E-state index < -0.39 is 0 Å². The third-order valence-electron chi connectivity index (χ3n) is 2.32. The average Bonchev–Trinajstić information content (AvgIpc) is 2.81. The minimum atomic E-state index is 0.695. The van der Waals surface area contributed by atoms with Crippen molar-refractivity contribution in [3.8, 4) is 6.07 Å². The first kappa shape index (κ1) is 10.7. The Kier molecular flexibility index (Phi) is 3.18. The predicted molar refractivity (Wildman–Crippen MR) is 65.4 cm³/mol. The monoisotopic (exact) mass is 229 g/mol. The van der Waals surface area contributed by atoms with Gasteiger partial charge in [0.15, 0.2) is 0 Å². The fourth-order valence-corrected chi connectivity index (χ4v) is 2.09. The van der Waals surface area contributed by atoms with Crippen molar-refractivity contribution in [2.24, 2.45) is 0 Å². The molecule has 0 saturated carbocycles. The topological polar surface area (TPSA) is 39.9 Å². The van der Waals surface area contributed by atoms with E-state index in [0.29, 0.717) is 5.56 Å². The molecule has 1 aromatic heterocycles. The first-order chi connectivity index (χ1) is 7.81. The highest BCUT2D eigenvalue weighted by atomic mass is 32.1. The summed E-state index contributed by atoms with van der Waals surface area (Å²) in [5.74, 6) is 0. The van der Waals surface area contributed by atoms with E-state index >= 15 is 0 Å². The third-order valence-corrected chi connectivity index (χ3v) is 2.95. The summed E-state index contributed by atoms with van der Waals surface area (Å²) in [5, 5.41) is 11.0. The Labute approximate surface area is 98.6 Å². The summed E-state index contributed by atoms with van der Waals surface area (Å²) < 4.78 is 0. The molecule has 0 bridgehead atoms. The van der Waals surface area contributed by atoms with Crippen molar-refractivity contribution in [2.45, 2.75) is 6.54 Å². The molecule has 0 saturated heterocycles. The molecular weight excluding hydrogens is 218 g/mol. The minimum absolute atomic E-state index is 0.695. The van der Waals surface area contributed by atoms with Crippen molar-refractivity contribution in [2.75, 3.05) is 11.9 Å². The molecule has 80 valence electrons. The van der Waals surface area contributed by atoms with Gasteiger partial charge in [-0.05, 0) is 12.1 Å². The molecule has 1 heterocycles. The highest BCUT2D eigenvalue weighted by molar-refractivity contribution is 7.07. The standard InChI is InChI=1S/C12H11N3S/c1-15(7-11-8-16-9-14-11)12-5-3-2-4-10(12)6-13/h2-5,8-9H,7H2,1H3. The van der Waals surface area contributed by atoms with Gasteiger partial charge < -0.3 is 4.90 Å². The van der Waals surface area contributed by atoms with Crippen LogP contribution in [0.25, 0.3) is 0 Å². The smallest absolute Gasteiger partial charge is 0.101 e. The van der Waals surface area contributed by atoms with Gasteiger partial charge in [0, 0.05) is 12.4 Å². The van der Waals surface area contributed by atoms with Crippen molar-refractivity contribution in [1.82, 2.24) is 4.98 Å². The number of thiazole rings is 1. The lowest BCUT2D eigenvalue weighted by Gasteiger charge is -2.19. The van der Waals surface area contributed by atoms with Gasteiger partial charge in [-0.2, -0.15) is 5.26 Å². The molecule has 0 amide bonds. The van der Waals surface area contributed by atoms with Crippen LogP contribution in [0.5, 0.6) is 0 Å². The molecule has 0 aliphatic carbocycles. The quantitative estimate of drug-likeness (QED) is 0.812. The van der Waals surface area contributed by atoms with Crippen molar-refractivity contribution < 1.29 is 0 Å². The maximum Gasteiger partial charge on any atom is 0.101 e. The second kappa shape index (κ2) is 4.77. The molecule has 16 heavy (non-hydrogen) atoms. The van der Waals surface area contributed by atoms with E-state index in [2.05, 4.69) is 11.1 Å². The van der Waals surface area contributed by atoms with Gasteiger partial charge in [0.2, 0.25) is 0 Å². The van der Waals surface area contributed by atoms with E-state index in [1.165, 1.54) is 0 Å². The zero-order valence-corrected chi connectivity index (χ0v) is 9.74. The summed E-state index contributed by atoms with van der Waals surface area (Å²) in [6.07, 6.45) is 0. The van der Waals surface area contributed by atoms with Gasteiger partial charge in [0.25, 0.3) is 0 Å². The largest absolute Gasteiger partial charge is 0.368 e.